The molecule has 4 heteroatoms. The van der Waals surface area contributed by atoms with Gasteiger partial charge < -0.3 is 15.5 Å². The third kappa shape index (κ3) is 4.13. The van der Waals surface area contributed by atoms with Crippen LogP contribution in [0.4, 0.5) is 16.2 Å². The zero-order chi connectivity index (χ0) is 13.4. The van der Waals surface area contributed by atoms with Gasteiger partial charge in [-0.1, -0.05) is 6.08 Å². The third-order valence-electron chi connectivity index (χ3n) is 2.63. The van der Waals surface area contributed by atoms with E-state index in [2.05, 4.69) is 29.4 Å². The van der Waals surface area contributed by atoms with Gasteiger partial charge in [0, 0.05) is 30.7 Å². The number of rotatable bonds is 5. The lowest BCUT2D eigenvalue weighted by atomic mass is 10.2. The van der Waals surface area contributed by atoms with Crippen molar-refractivity contribution >= 4 is 17.4 Å². The molecule has 0 atom stereocenters. The summed E-state index contributed by atoms with van der Waals surface area (Å²) in [6.07, 6.45) is 3.36. The SMILES string of the molecule is C/C=C/NC(=O)Nc1ccc(N(CC)CC)cc1. The van der Waals surface area contributed by atoms with Crippen LogP contribution in [0.2, 0.25) is 0 Å². The monoisotopic (exact) mass is 247 g/mol. The first-order valence-corrected chi connectivity index (χ1v) is 6.25. The highest BCUT2D eigenvalue weighted by atomic mass is 16.2. The fourth-order valence-corrected chi connectivity index (χ4v) is 1.67. The Morgan fingerprint density at radius 2 is 1.83 bits per heavy atom. The first-order chi connectivity index (χ1) is 8.71. The minimum atomic E-state index is -0.233. The van der Waals surface area contributed by atoms with E-state index >= 15 is 0 Å². The fourth-order valence-electron chi connectivity index (χ4n) is 1.67. The summed E-state index contributed by atoms with van der Waals surface area (Å²) in [4.78, 5) is 13.7. The maximum Gasteiger partial charge on any atom is 0.323 e. The van der Waals surface area contributed by atoms with Crippen LogP contribution >= 0.6 is 0 Å². The average molecular weight is 247 g/mol. The van der Waals surface area contributed by atoms with Gasteiger partial charge in [0.15, 0.2) is 0 Å². The quantitative estimate of drug-likeness (QED) is 0.839. The minimum absolute atomic E-state index is 0.233. The second-order valence-electron chi connectivity index (χ2n) is 3.82. The molecule has 0 heterocycles. The smallest absolute Gasteiger partial charge is 0.323 e. The Balaban J connectivity index is 2.62. The van der Waals surface area contributed by atoms with Crippen molar-refractivity contribution in [2.24, 2.45) is 0 Å². The standard InChI is InChI=1S/C14H21N3O/c1-4-11-15-14(18)16-12-7-9-13(10-8-12)17(5-2)6-3/h4,7-11H,5-6H2,1-3H3,(H2,15,16,18)/b11-4+. The molecular formula is C14H21N3O. The summed E-state index contributed by atoms with van der Waals surface area (Å²) in [5, 5.41) is 5.36. The molecule has 0 aromatic heterocycles. The van der Waals surface area contributed by atoms with Crippen molar-refractivity contribution in [3.63, 3.8) is 0 Å². The molecule has 0 aliphatic heterocycles. The number of nitrogens with one attached hydrogen (secondary N) is 2. The molecule has 0 radical (unpaired) electrons. The highest BCUT2D eigenvalue weighted by molar-refractivity contribution is 5.90. The number of carbonyl (C=O) groups excluding carboxylic acids is 1. The summed E-state index contributed by atoms with van der Waals surface area (Å²) >= 11 is 0. The zero-order valence-corrected chi connectivity index (χ0v) is 11.2. The van der Waals surface area contributed by atoms with Crippen molar-refractivity contribution in [2.75, 3.05) is 23.3 Å². The summed E-state index contributed by atoms with van der Waals surface area (Å²) in [7, 11) is 0. The van der Waals surface area contributed by atoms with Crippen molar-refractivity contribution in [3.05, 3.63) is 36.5 Å². The van der Waals surface area contributed by atoms with E-state index in [0.717, 1.165) is 18.8 Å². The number of hydrogen-bond donors (Lipinski definition) is 2. The molecular weight excluding hydrogens is 226 g/mol. The Morgan fingerprint density at radius 1 is 1.22 bits per heavy atom. The molecule has 2 N–H and O–H groups in total. The van der Waals surface area contributed by atoms with Crippen molar-refractivity contribution in [2.45, 2.75) is 20.8 Å². The number of hydrogen-bond acceptors (Lipinski definition) is 2. The lowest BCUT2D eigenvalue weighted by Crippen LogP contribution is -2.24. The van der Waals surface area contributed by atoms with E-state index in [0.29, 0.717) is 0 Å². The second-order valence-corrected chi connectivity index (χ2v) is 3.82. The van der Waals surface area contributed by atoms with Gasteiger partial charge in [-0.3, -0.25) is 0 Å². The van der Waals surface area contributed by atoms with Crippen molar-refractivity contribution in [3.8, 4) is 0 Å². The third-order valence-corrected chi connectivity index (χ3v) is 2.63. The second kappa shape index (κ2) is 7.37. The van der Waals surface area contributed by atoms with E-state index in [1.165, 1.54) is 5.69 Å². The van der Waals surface area contributed by atoms with Gasteiger partial charge in [-0.25, -0.2) is 4.79 Å². The van der Waals surface area contributed by atoms with Crippen LogP contribution in [-0.2, 0) is 0 Å². The molecule has 0 fully saturated rings. The Labute approximate surface area is 109 Å². The molecule has 18 heavy (non-hydrogen) atoms. The van der Waals surface area contributed by atoms with Crippen LogP contribution < -0.4 is 15.5 Å². The van der Waals surface area contributed by atoms with Gasteiger partial charge >= 0.3 is 6.03 Å². The van der Waals surface area contributed by atoms with Crippen LogP contribution in [0.25, 0.3) is 0 Å². The molecule has 0 aliphatic rings. The lowest BCUT2D eigenvalue weighted by Gasteiger charge is -2.21. The van der Waals surface area contributed by atoms with Gasteiger partial charge in [0.2, 0.25) is 0 Å². The van der Waals surface area contributed by atoms with E-state index in [1.807, 2.05) is 31.2 Å². The number of nitrogens with zero attached hydrogens (tertiary/aromatic N) is 1. The molecule has 0 saturated heterocycles. The largest absolute Gasteiger partial charge is 0.372 e. The summed E-state index contributed by atoms with van der Waals surface area (Å²) in [5.74, 6) is 0. The topological polar surface area (TPSA) is 44.4 Å². The fraction of sp³-hybridized carbons (Fsp3) is 0.357. The average Bonchev–Trinajstić information content (AvgIpc) is 2.40. The Morgan fingerprint density at radius 3 is 2.33 bits per heavy atom. The predicted octanol–water partition coefficient (Wildman–Crippen LogP) is 3.19. The number of amides is 2. The van der Waals surface area contributed by atoms with Gasteiger partial charge in [0.05, 0.1) is 0 Å². The van der Waals surface area contributed by atoms with E-state index in [-0.39, 0.29) is 6.03 Å². The highest BCUT2D eigenvalue weighted by Gasteiger charge is 2.02. The van der Waals surface area contributed by atoms with Crippen molar-refractivity contribution < 1.29 is 4.79 Å². The van der Waals surface area contributed by atoms with Gasteiger partial charge in [-0.15, -0.1) is 0 Å². The van der Waals surface area contributed by atoms with Crippen LogP contribution in [-0.4, -0.2) is 19.1 Å². The lowest BCUT2D eigenvalue weighted by molar-refractivity contribution is 0.255. The number of urea groups is 1. The van der Waals surface area contributed by atoms with Crippen LogP contribution in [0.5, 0.6) is 0 Å². The molecule has 98 valence electrons. The Hall–Kier alpha value is -1.97. The Kier molecular flexibility index (Phi) is 5.77. The van der Waals surface area contributed by atoms with E-state index in [9.17, 15) is 4.79 Å². The Bertz CT molecular complexity index is 394. The number of allylic oxidation sites excluding steroid dienone is 1. The molecule has 0 bridgehead atoms. The van der Waals surface area contributed by atoms with Gasteiger partial charge in [0.1, 0.15) is 0 Å². The molecule has 1 aromatic rings. The van der Waals surface area contributed by atoms with Crippen LogP contribution in [0.3, 0.4) is 0 Å². The first-order valence-electron chi connectivity index (χ1n) is 6.25. The number of benzene rings is 1. The highest BCUT2D eigenvalue weighted by Crippen LogP contribution is 2.17. The first kappa shape index (κ1) is 14.1. The van der Waals surface area contributed by atoms with Gasteiger partial charge in [-0.2, -0.15) is 0 Å². The van der Waals surface area contributed by atoms with Crippen molar-refractivity contribution in [1.29, 1.82) is 0 Å². The number of anilines is 2. The molecule has 0 aliphatic carbocycles. The molecule has 2 amide bonds. The van der Waals surface area contributed by atoms with Gasteiger partial charge in [0.25, 0.3) is 0 Å². The molecule has 0 saturated carbocycles. The summed E-state index contributed by atoms with van der Waals surface area (Å²) in [6, 6.07) is 7.60. The van der Waals surface area contributed by atoms with E-state index in [1.54, 1.807) is 12.3 Å². The van der Waals surface area contributed by atoms with Crippen LogP contribution in [0.1, 0.15) is 20.8 Å². The maximum absolute atomic E-state index is 11.4. The zero-order valence-electron chi connectivity index (χ0n) is 11.2. The molecule has 1 aromatic carbocycles. The van der Waals surface area contributed by atoms with Crippen LogP contribution in [0.15, 0.2) is 36.5 Å². The normalized spacial score (nSPS) is 10.4. The molecule has 4 nitrogen and oxygen atoms in total. The summed E-state index contributed by atoms with van der Waals surface area (Å²) in [6.45, 7) is 8.05. The van der Waals surface area contributed by atoms with E-state index in [4.69, 9.17) is 0 Å². The molecule has 0 unspecified atom stereocenters. The van der Waals surface area contributed by atoms with Crippen molar-refractivity contribution in [1.82, 2.24) is 5.32 Å². The van der Waals surface area contributed by atoms with Crippen LogP contribution in [0, 0.1) is 0 Å². The van der Waals surface area contributed by atoms with E-state index < -0.39 is 0 Å². The number of carbonyl (C=O) groups is 1. The molecule has 0 spiro atoms. The minimum Gasteiger partial charge on any atom is -0.372 e. The van der Waals surface area contributed by atoms with Gasteiger partial charge in [-0.05, 0) is 45.0 Å². The maximum atomic E-state index is 11.4. The predicted molar refractivity (Wildman–Crippen MR) is 77.0 cm³/mol. The summed E-state index contributed by atoms with van der Waals surface area (Å²) in [5.41, 5.74) is 1.95. The summed E-state index contributed by atoms with van der Waals surface area (Å²) < 4.78 is 0. The molecule has 1 rings (SSSR count).